The minimum Gasteiger partial charge on any atom is -0.767 e. The van der Waals surface area contributed by atoms with Gasteiger partial charge >= 0.3 is 18.9 Å². The Hall–Kier alpha value is 0.337. The molecule has 1 aromatic rings. The zero-order valence-electron chi connectivity index (χ0n) is 5.66. The summed E-state index contributed by atoms with van der Waals surface area (Å²) in [6.07, 6.45) is 0. The fourth-order valence-electron chi connectivity index (χ4n) is 0.409. The van der Waals surface area contributed by atoms with E-state index in [1.54, 1.807) is 12.3 Å². The van der Waals surface area contributed by atoms with Gasteiger partial charge in [0, 0.05) is 22.2 Å². The molecular weight excluding hydrogens is 165 g/mol. The molecule has 0 saturated heterocycles. The van der Waals surface area contributed by atoms with Gasteiger partial charge in [0.1, 0.15) is 0 Å². The smallest absolute Gasteiger partial charge is 0.767 e. The summed E-state index contributed by atoms with van der Waals surface area (Å²) in [5, 5.41) is 1.70. The van der Waals surface area contributed by atoms with E-state index in [1.807, 2.05) is 0 Å². The first-order chi connectivity index (χ1) is 4.20. The average Bonchev–Trinajstić information content (AvgIpc) is 2.14. The number of hydrogen-bond acceptors (Lipinski definition) is 4. The van der Waals surface area contributed by atoms with Crippen LogP contribution in [0.2, 0.25) is 0 Å². The summed E-state index contributed by atoms with van der Waals surface area (Å²) in [6, 6.07) is 0. The van der Waals surface area contributed by atoms with Crippen molar-refractivity contribution in [3.05, 3.63) is 11.1 Å². The summed E-state index contributed by atoms with van der Waals surface area (Å²) >= 11 is -1.02. The fourth-order valence-corrected chi connectivity index (χ4v) is 1.61. The standard InChI is InChI=1S/C4H5NO2S2.Li/c1-3-2-8-4(5-3)9(6)7;/h2H,1H3,(H,6,7);/q;+1/p-1. The van der Waals surface area contributed by atoms with Crippen LogP contribution in [0.25, 0.3) is 0 Å². The minimum absolute atomic E-state index is 0. The van der Waals surface area contributed by atoms with Crippen LogP contribution in [0.3, 0.4) is 0 Å². The third-order valence-corrected chi connectivity index (χ3v) is 2.57. The van der Waals surface area contributed by atoms with Crippen molar-refractivity contribution in [2.75, 3.05) is 0 Å². The molecule has 0 aliphatic rings. The van der Waals surface area contributed by atoms with Crippen LogP contribution < -0.4 is 18.9 Å². The second-order valence-corrected chi connectivity index (χ2v) is 3.46. The molecule has 1 unspecified atom stereocenters. The van der Waals surface area contributed by atoms with Crippen molar-refractivity contribution in [1.82, 2.24) is 4.98 Å². The maximum atomic E-state index is 10.2. The first-order valence-corrected chi connectivity index (χ1v) is 4.17. The van der Waals surface area contributed by atoms with Crippen molar-refractivity contribution in [2.45, 2.75) is 11.3 Å². The molecule has 1 aromatic heterocycles. The van der Waals surface area contributed by atoms with Crippen LogP contribution in [0.1, 0.15) is 5.69 Å². The Balaban J connectivity index is 0.000000810. The Morgan fingerprint density at radius 3 is 2.60 bits per heavy atom. The number of aryl methyl sites for hydroxylation is 1. The third kappa shape index (κ3) is 2.52. The van der Waals surface area contributed by atoms with Gasteiger partial charge in [0.25, 0.3) is 0 Å². The summed E-state index contributed by atoms with van der Waals surface area (Å²) in [5.74, 6) is 0. The number of thiazole rings is 1. The Labute approximate surface area is 77.3 Å². The monoisotopic (exact) mass is 169 g/mol. The van der Waals surface area contributed by atoms with Crippen molar-refractivity contribution < 1.29 is 27.6 Å². The molecule has 0 aliphatic heterocycles. The van der Waals surface area contributed by atoms with Gasteiger partial charge in [-0.3, -0.25) is 4.21 Å². The van der Waals surface area contributed by atoms with Crippen LogP contribution in [0.15, 0.2) is 9.72 Å². The van der Waals surface area contributed by atoms with E-state index >= 15 is 0 Å². The number of hydrogen-bond donors (Lipinski definition) is 0. The van der Waals surface area contributed by atoms with Gasteiger partial charge in [-0.25, -0.2) is 4.98 Å². The van der Waals surface area contributed by atoms with E-state index in [1.165, 1.54) is 0 Å². The van der Waals surface area contributed by atoms with Gasteiger partial charge in [-0.2, -0.15) is 0 Å². The van der Waals surface area contributed by atoms with Crippen molar-refractivity contribution in [2.24, 2.45) is 0 Å². The van der Waals surface area contributed by atoms with Gasteiger partial charge in [-0.15, -0.1) is 11.3 Å². The van der Waals surface area contributed by atoms with Crippen molar-refractivity contribution in [3.63, 3.8) is 0 Å². The first-order valence-electron chi connectivity index (χ1n) is 2.21. The quantitative estimate of drug-likeness (QED) is 0.351. The summed E-state index contributed by atoms with van der Waals surface area (Å²) < 4.78 is 20.5. The average molecular weight is 169 g/mol. The number of nitrogens with zero attached hydrogens (tertiary/aromatic N) is 1. The van der Waals surface area contributed by atoms with Crippen molar-refractivity contribution in [3.8, 4) is 0 Å². The summed E-state index contributed by atoms with van der Waals surface area (Å²) in [4.78, 5) is 3.72. The van der Waals surface area contributed by atoms with Crippen LogP contribution in [-0.4, -0.2) is 13.7 Å². The van der Waals surface area contributed by atoms with Crippen LogP contribution >= 0.6 is 11.3 Å². The van der Waals surface area contributed by atoms with Crippen LogP contribution in [-0.2, 0) is 11.1 Å². The second-order valence-electron chi connectivity index (χ2n) is 1.49. The van der Waals surface area contributed by atoms with Crippen LogP contribution in [0, 0.1) is 6.92 Å². The molecule has 50 valence electrons. The van der Waals surface area contributed by atoms with Gasteiger partial charge in [-0.1, -0.05) is 0 Å². The molecule has 0 radical (unpaired) electrons. The predicted octanol–water partition coefficient (Wildman–Crippen LogP) is -2.31. The second kappa shape index (κ2) is 4.26. The van der Waals surface area contributed by atoms with E-state index in [2.05, 4.69) is 4.98 Å². The topological polar surface area (TPSA) is 53.0 Å². The fraction of sp³-hybridized carbons (Fsp3) is 0.250. The van der Waals surface area contributed by atoms with Crippen molar-refractivity contribution in [1.29, 1.82) is 0 Å². The molecule has 6 heteroatoms. The zero-order chi connectivity index (χ0) is 6.85. The normalized spacial score (nSPS) is 12.2. The summed E-state index contributed by atoms with van der Waals surface area (Å²) in [7, 11) is 0. The van der Waals surface area contributed by atoms with E-state index < -0.39 is 11.1 Å². The third-order valence-electron chi connectivity index (χ3n) is 0.741. The van der Waals surface area contributed by atoms with E-state index in [9.17, 15) is 8.76 Å². The van der Waals surface area contributed by atoms with Gasteiger partial charge in [-0.05, 0) is 6.92 Å². The van der Waals surface area contributed by atoms with E-state index in [-0.39, 0.29) is 23.2 Å². The Morgan fingerprint density at radius 1 is 1.80 bits per heavy atom. The van der Waals surface area contributed by atoms with E-state index in [4.69, 9.17) is 0 Å². The maximum Gasteiger partial charge on any atom is 1.00 e. The zero-order valence-corrected chi connectivity index (χ0v) is 7.29. The largest absolute Gasteiger partial charge is 1.00 e. The Kier molecular flexibility index (Phi) is 4.41. The van der Waals surface area contributed by atoms with Gasteiger partial charge in [0.2, 0.25) is 0 Å². The van der Waals surface area contributed by atoms with Crippen molar-refractivity contribution >= 4 is 22.4 Å². The molecule has 0 amide bonds. The molecule has 3 nitrogen and oxygen atoms in total. The first kappa shape index (κ1) is 10.3. The van der Waals surface area contributed by atoms with Crippen LogP contribution in [0.5, 0.6) is 0 Å². The van der Waals surface area contributed by atoms with E-state index in [0.29, 0.717) is 0 Å². The van der Waals surface area contributed by atoms with Gasteiger partial charge in [0.05, 0.1) is 0 Å². The maximum absolute atomic E-state index is 10.2. The number of rotatable bonds is 1. The molecule has 0 fully saturated rings. The summed E-state index contributed by atoms with van der Waals surface area (Å²) in [6.45, 7) is 1.76. The van der Waals surface area contributed by atoms with E-state index in [0.717, 1.165) is 17.0 Å². The number of aromatic nitrogens is 1. The predicted molar refractivity (Wildman–Crippen MR) is 34.0 cm³/mol. The van der Waals surface area contributed by atoms with Crippen LogP contribution in [0.4, 0.5) is 0 Å². The molecule has 10 heavy (non-hydrogen) atoms. The molecule has 0 bridgehead atoms. The molecule has 0 spiro atoms. The molecule has 1 rings (SSSR count). The minimum atomic E-state index is -2.15. The van der Waals surface area contributed by atoms with Gasteiger partial charge < -0.3 is 4.55 Å². The van der Waals surface area contributed by atoms with Gasteiger partial charge in [0.15, 0.2) is 4.34 Å². The molecule has 0 aliphatic carbocycles. The molecule has 1 heterocycles. The molecular formula is C4H4LiNO2S2. The Morgan fingerprint density at radius 2 is 2.40 bits per heavy atom. The SMILES string of the molecule is Cc1csc(S(=O)[O-])n1.[Li+]. The molecule has 0 saturated carbocycles. The Bertz CT molecular complexity index is 237. The molecule has 0 aromatic carbocycles. The molecule has 1 atom stereocenters. The molecule has 0 N–H and O–H groups in total. The summed E-state index contributed by atoms with van der Waals surface area (Å²) in [5.41, 5.74) is 0.749.